The lowest BCUT2D eigenvalue weighted by Crippen LogP contribution is -2.53. The number of urea groups is 1. The average Bonchev–Trinajstić information content (AvgIpc) is 2.59. The Morgan fingerprint density at radius 1 is 1.17 bits per heavy atom. The third-order valence-corrected chi connectivity index (χ3v) is 5.83. The molecule has 1 aromatic rings. The summed E-state index contributed by atoms with van der Waals surface area (Å²) in [6, 6.07) is 5.89. The molecule has 0 bridgehead atoms. The average molecular weight is 353 g/mol. The SMILES string of the molecule is CCCNC(=O)N1CCN(S(=O)(=O)c2cccc(C(C)=O)c2)CC1. The van der Waals surface area contributed by atoms with Crippen LogP contribution in [0.15, 0.2) is 29.2 Å². The first-order chi connectivity index (χ1) is 11.4. The van der Waals surface area contributed by atoms with Gasteiger partial charge in [-0.05, 0) is 25.5 Å². The topological polar surface area (TPSA) is 86.8 Å². The molecule has 24 heavy (non-hydrogen) atoms. The van der Waals surface area contributed by atoms with Crippen molar-refractivity contribution >= 4 is 21.8 Å². The number of piperazine rings is 1. The van der Waals surface area contributed by atoms with Crippen molar-refractivity contribution in [1.82, 2.24) is 14.5 Å². The predicted octanol–water partition coefficient (Wildman–Crippen LogP) is 1.32. The highest BCUT2D eigenvalue weighted by Crippen LogP contribution is 2.19. The van der Waals surface area contributed by atoms with E-state index in [1.165, 1.54) is 23.4 Å². The van der Waals surface area contributed by atoms with Crippen LogP contribution in [0.25, 0.3) is 0 Å². The van der Waals surface area contributed by atoms with Gasteiger partial charge in [0.05, 0.1) is 4.90 Å². The number of carbonyl (C=O) groups excluding carboxylic acids is 2. The number of amides is 2. The lowest BCUT2D eigenvalue weighted by atomic mass is 10.2. The molecule has 1 N–H and O–H groups in total. The minimum atomic E-state index is -3.66. The maximum absolute atomic E-state index is 12.7. The molecule has 0 aromatic heterocycles. The number of Topliss-reactive ketones (excluding diaryl/α,β-unsaturated/α-hetero) is 1. The largest absolute Gasteiger partial charge is 0.338 e. The second-order valence-corrected chi connectivity index (χ2v) is 7.65. The van der Waals surface area contributed by atoms with Gasteiger partial charge in [0, 0.05) is 38.3 Å². The lowest BCUT2D eigenvalue weighted by molar-refractivity contribution is 0.101. The van der Waals surface area contributed by atoms with Crippen LogP contribution >= 0.6 is 0 Å². The van der Waals surface area contributed by atoms with Crippen molar-refractivity contribution in [3.05, 3.63) is 29.8 Å². The first-order valence-electron chi connectivity index (χ1n) is 8.00. The van der Waals surface area contributed by atoms with Crippen LogP contribution in [0.3, 0.4) is 0 Å². The summed E-state index contributed by atoms with van der Waals surface area (Å²) in [6.07, 6.45) is 0.854. The van der Waals surface area contributed by atoms with E-state index in [1.54, 1.807) is 17.0 Å². The van der Waals surface area contributed by atoms with Crippen molar-refractivity contribution < 1.29 is 18.0 Å². The maximum atomic E-state index is 12.7. The number of sulfonamides is 1. The predicted molar refractivity (Wildman–Crippen MR) is 90.5 cm³/mol. The van der Waals surface area contributed by atoms with E-state index in [0.717, 1.165) is 6.42 Å². The van der Waals surface area contributed by atoms with Gasteiger partial charge in [-0.25, -0.2) is 13.2 Å². The number of nitrogens with zero attached hydrogens (tertiary/aromatic N) is 2. The normalized spacial score (nSPS) is 16.0. The first kappa shape index (κ1) is 18.4. The van der Waals surface area contributed by atoms with E-state index in [9.17, 15) is 18.0 Å². The Morgan fingerprint density at radius 2 is 1.83 bits per heavy atom. The number of benzene rings is 1. The third kappa shape index (κ3) is 4.12. The molecule has 1 fully saturated rings. The summed E-state index contributed by atoms with van der Waals surface area (Å²) in [5.74, 6) is -0.176. The molecule has 2 amide bonds. The molecule has 1 aliphatic rings. The van der Waals surface area contributed by atoms with Crippen molar-refractivity contribution in [2.24, 2.45) is 0 Å². The van der Waals surface area contributed by atoms with Crippen molar-refractivity contribution in [3.63, 3.8) is 0 Å². The van der Waals surface area contributed by atoms with Gasteiger partial charge >= 0.3 is 6.03 Å². The van der Waals surface area contributed by atoms with E-state index in [4.69, 9.17) is 0 Å². The van der Waals surface area contributed by atoms with Crippen molar-refractivity contribution in [2.45, 2.75) is 25.2 Å². The molecule has 0 aliphatic carbocycles. The van der Waals surface area contributed by atoms with Crippen molar-refractivity contribution in [2.75, 3.05) is 32.7 Å². The van der Waals surface area contributed by atoms with E-state index in [1.807, 2.05) is 6.92 Å². The molecule has 0 saturated carbocycles. The molecule has 2 rings (SSSR count). The third-order valence-electron chi connectivity index (χ3n) is 3.93. The van der Waals surface area contributed by atoms with Gasteiger partial charge in [-0.1, -0.05) is 19.1 Å². The number of ketones is 1. The van der Waals surface area contributed by atoms with Gasteiger partial charge in [-0.15, -0.1) is 0 Å². The Kier molecular flexibility index (Phi) is 5.95. The van der Waals surface area contributed by atoms with Crippen LogP contribution < -0.4 is 5.32 Å². The van der Waals surface area contributed by atoms with Gasteiger partial charge in [0.1, 0.15) is 0 Å². The molecule has 1 aliphatic heterocycles. The monoisotopic (exact) mass is 353 g/mol. The summed E-state index contributed by atoms with van der Waals surface area (Å²) in [6.45, 7) is 5.16. The van der Waals surface area contributed by atoms with Gasteiger partial charge in [0.25, 0.3) is 0 Å². The van der Waals surface area contributed by atoms with E-state index in [-0.39, 0.29) is 29.8 Å². The fraction of sp³-hybridized carbons (Fsp3) is 0.500. The number of hydrogen-bond donors (Lipinski definition) is 1. The molecule has 0 spiro atoms. The van der Waals surface area contributed by atoms with Crippen LogP contribution in [0.2, 0.25) is 0 Å². The molecule has 8 heteroatoms. The molecule has 7 nitrogen and oxygen atoms in total. The standard InChI is InChI=1S/C16H23N3O4S/c1-3-7-17-16(21)18-8-10-19(11-9-18)24(22,23)15-6-4-5-14(12-15)13(2)20/h4-6,12H,3,7-11H2,1-2H3,(H,17,21). The van der Waals surface area contributed by atoms with Crippen LogP contribution in [0, 0.1) is 0 Å². The van der Waals surface area contributed by atoms with Gasteiger partial charge in [-0.2, -0.15) is 4.31 Å². The van der Waals surface area contributed by atoms with E-state index >= 15 is 0 Å². The Balaban J connectivity index is 2.06. The number of carbonyl (C=O) groups is 2. The highest BCUT2D eigenvalue weighted by molar-refractivity contribution is 7.89. The van der Waals surface area contributed by atoms with Crippen molar-refractivity contribution in [3.8, 4) is 0 Å². The fourth-order valence-corrected chi connectivity index (χ4v) is 3.97. The van der Waals surface area contributed by atoms with Crippen LogP contribution in [0.1, 0.15) is 30.6 Å². The van der Waals surface area contributed by atoms with Gasteiger partial charge in [0.2, 0.25) is 10.0 Å². The van der Waals surface area contributed by atoms with Gasteiger partial charge < -0.3 is 10.2 Å². The summed E-state index contributed by atoms with van der Waals surface area (Å²) < 4.78 is 26.8. The van der Waals surface area contributed by atoms with Gasteiger partial charge in [-0.3, -0.25) is 4.79 Å². The van der Waals surface area contributed by atoms with E-state index in [0.29, 0.717) is 25.2 Å². The molecular weight excluding hydrogens is 330 g/mol. The highest BCUT2D eigenvalue weighted by atomic mass is 32.2. The van der Waals surface area contributed by atoms with E-state index in [2.05, 4.69) is 5.32 Å². The highest BCUT2D eigenvalue weighted by Gasteiger charge is 2.30. The Hall–Kier alpha value is -1.93. The fourth-order valence-electron chi connectivity index (χ4n) is 2.50. The number of nitrogens with one attached hydrogen (secondary N) is 1. The molecule has 1 saturated heterocycles. The van der Waals surface area contributed by atoms with Crippen LogP contribution in [0.5, 0.6) is 0 Å². The van der Waals surface area contributed by atoms with Crippen molar-refractivity contribution in [1.29, 1.82) is 0 Å². The zero-order chi connectivity index (χ0) is 17.7. The lowest BCUT2D eigenvalue weighted by Gasteiger charge is -2.34. The summed E-state index contributed by atoms with van der Waals surface area (Å²) in [5.41, 5.74) is 0.369. The summed E-state index contributed by atoms with van der Waals surface area (Å²) in [4.78, 5) is 25.1. The molecule has 1 aromatic carbocycles. The number of hydrogen-bond acceptors (Lipinski definition) is 4. The molecule has 132 valence electrons. The quantitative estimate of drug-likeness (QED) is 0.809. The summed E-state index contributed by atoms with van der Waals surface area (Å²) in [5, 5.41) is 2.79. The van der Waals surface area contributed by atoms with Crippen LogP contribution in [-0.2, 0) is 10.0 Å². The second kappa shape index (κ2) is 7.76. The van der Waals surface area contributed by atoms with Gasteiger partial charge in [0.15, 0.2) is 5.78 Å². The minimum absolute atomic E-state index is 0.110. The Morgan fingerprint density at radius 3 is 2.42 bits per heavy atom. The zero-order valence-electron chi connectivity index (χ0n) is 14.0. The second-order valence-electron chi connectivity index (χ2n) is 5.71. The Labute approximate surface area is 142 Å². The summed E-state index contributed by atoms with van der Waals surface area (Å²) in [7, 11) is -3.66. The minimum Gasteiger partial charge on any atom is -0.338 e. The molecule has 1 heterocycles. The smallest absolute Gasteiger partial charge is 0.317 e. The zero-order valence-corrected chi connectivity index (χ0v) is 14.8. The first-order valence-corrected chi connectivity index (χ1v) is 9.44. The Bertz CT molecular complexity index is 710. The summed E-state index contributed by atoms with van der Waals surface area (Å²) >= 11 is 0. The van der Waals surface area contributed by atoms with E-state index < -0.39 is 10.0 Å². The van der Waals surface area contributed by atoms with Crippen LogP contribution in [0.4, 0.5) is 4.79 Å². The molecule has 0 unspecified atom stereocenters. The van der Waals surface area contributed by atoms with Crippen LogP contribution in [-0.4, -0.2) is 62.2 Å². The molecule has 0 atom stereocenters. The molecular formula is C16H23N3O4S. The number of rotatable bonds is 5. The molecule has 0 radical (unpaired) electrons. The maximum Gasteiger partial charge on any atom is 0.317 e.